The first kappa shape index (κ1) is 13.4. The second-order valence-electron chi connectivity index (χ2n) is 4.96. The van der Waals surface area contributed by atoms with Crippen molar-refractivity contribution in [2.45, 2.75) is 13.0 Å². The van der Waals surface area contributed by atoms with Crippen molar-refractivity contribution in [2.24, 2.45) is 0 Å². The molecule has 0 saturated carbocycles. The molecular formula is C17H17N3O. The lowest BCUT2D eigenvalue weighted by atomic mass is 10.2. The van der Waals surface area contributed by atoms with Gasteiger partial charge >= 0.3 is 0 Å². The molecule has 4 nitrogen and oxygen atoms in total. The average molecular weight is 279 g/mol. The molecule has 3 rings (SSSR count). The lowest BCUT2D eigenvalue weighted by Gasteiger charge is -2.17. The zero-order valence-electron chi connectivity index (χ0n) is 11.9. The lowest BCUT2D eigenvalue weighted by molar-refractivity contribution is -0.118. The zero-order chi connectivity index (χ0) is 14.7. The van der Waals surface area contributed by atoms with E-state index in [2.05, 4.69) is 4.98 Å². The largest absolute Gasteiger partial charge is 0.330 e. The van der Waals surface area contributed by atoms with Crippen LogP contribution in [0, 0.1) is 0 Å². The molecule has 21 heavy (non-hydrogen) atoms. The number of amides is 1. The Balaban J connectivity index is 1.69. The summed E-state index contributed by atoms with van der Waals surface area (Å²) in [6, 6.07) is 17.6. The molecule has 0 aliphatic heterocycles. The fourth-order valence-electron chi connectivity index (χ4n) is 2.37. The van der Waals surface area contributed by atoms with E-state index in [-0.39, 0.29) is 5.91 Å². The third-order valence-corrected chi connectivity index (χ3v) is 3.61. The first-order valence-corrected chi connectivity index (χ1v) is 6.97. The van der Waals surface area contributed by atoms with Crippen molar-refractivity contribution in [1.29, 1.82) is 0 Å². The quantitative estimate of drug-likeness (QED) is 0.736. The van der Waals surface area contributed by atoms with Crippen molar-refractivity contribution in [1.82, 2.24) is 9.55 Å². The summed E-state index contributed by atoms with van der Waals surface area (Å²) >= 11 is 0. The van der Waals surface area contributed by atoms with Crippen molar-refractivity contribution < 1.29 is 4.79 Å². The Bertz CT molecular complexity index is 749. The summed E-state index contributed by atoms with van der Waals surface area (Å²) in [7, 11) is 1.81. The molecule has 106 valence electrons. The molecule has 1 heterocycles. The molecule has 2 aromatic carbocycles. The predicted molar refractivity (Wildman–Crippen MR) is 84.2 cm³/mol. The van der Waals surface area contributed by atoms with Crippen molar-refractivity contribution in [3.63, 3.8) is 0 Å². The van der Waals surface area contributed by atoms with Gasteiger partial charge in [-0.25, -0.2) is 4.98 Å². The molecule has 0 bridgehead atoms. The van der Waals surface area contributed by atoms with Gasteiger partial charge in [0.05, 0.1) is 17.4 Å². The summed E-state index contributed by atoms with van der Waals surface area (Å²) in [6.45, 7) is 0.635. The molecule has 0 unspecified atom stereocenters. The van der Waals surface area contributed by atoms with E-state index in [1.54, 1.807) is 11.2 Å². The summed E-state index contributed by atoms with van der Waals surface area (Å²) < 4.78 is 2.02. The highest BCUT2D eigenvalue weighted by molar-refractivity contribution is 5.92. The van der Waals surface area contributed by atoms with Gasteiger partial charge < -0.3 is 9.47 Å². The van der Waals surface area contributed by atoms with Crippen LogP contribution < -0.4 is 4.90 Å². The van der Waals surface area contributed by atoms with Gasteiger partial charge in [-0.1, -0.05) is 30.3 Å². The highest BCUT2D eigenvalue weighted by atomic mass is 16.2. The van der Waals surface area contributed by atoms with Gasteiger partial charge in [0.1, 0.15) is 0 Å². The minimum absolute atomic E-state index is 0.0963. The van der Waals surface area contributed by atoms with Crippen LogP contribution in [0.2, 0.25) is 0 Å². The van der Waals surface area contributed by atoms with Crippen LogP contribution in [0.3, 0.4) is 0 Å². The number of imidazole rings is 1. The average Bonchev–Trinajstić information content (AvgIpc) is 2.96. The van der Waals surface area contributed by atoms with Crippen molar-refractivity contribution in [3.8, 4) is 0 Å². The van der Waals surface area contributed by atoms with Gasteiger partial charge in [0.25, 0.3) is 0 Å². The van der Waals surface area contributed by atoms with E-state index in [9.17, 15) is 4.79 Å². The SMILES string of the molecule is CN(C(=O)CCn1cnc2ccccc21)c1ccccc1. The van der Waals surface area contributed by atoms with Crippen molar-refractivity contribution >= 4 is 22.6 Å². The van der Waals surface area contributed by atoms with E-state index in [4.69, 9.17) is 0 Å². The van der Waals surface area contributed by atoms with Gasteiger partial charge in [-0.05, 0) is 24.3 Å². The first-order chi connectivity index (χ1) is 10.3. The van der Waals surface area contributed by atoms with Crippen LogP contribution in [-0.4, -0.2) is 22.5 Å². The zero-order valence-corrected chi connectivity index (χ0v) is 11.9. The Labute approximate surface area is 123 Å². The van der Waals surface area contributed by atoms with Crippen molar-refractivity contribution in [2.75, 3.05) is 11.9 Å². The molecule has 1 amide bonds. The molecule has 0 saturated heterocycles. The van der Waals surface area contributed by atoms with Crippen LogP contribution in [0.1, 0.15) is 6.42 Å². The number of aromatic nitrogens is 2. The number of anilines is 1. The first-order valence-electron chi connectivity index (χ1n) is 6.97. The highest BCUT2D eigenvalue weighted by Crippen LogP contribution is 2.15. The number of rotatable bonds is 4. The Morgan fingerprint density at radius 1 is 1.10 bits per heavy atom. The molecule has 0 radical (unpaired) electrons. The monoisotopic (exact) mass is 279 g/mol. The fraction of sp³-hybridized carbons (Fsp3) is 0.176. The lowest BCUT2D eigenvalue weighted by Crippen LogP contribution is -2.26. The number of hydrogen-bond acceptors (Lipinski definition) is 2. The molecular weight excluding hydrogens is 262 g/mol. The molecule has 3 aromatic rings. The topological polar surface area (TPSA) is 38.1 Å². The van der Waals surface area contributed by atoms with E-state index in [1.807, 2.05) is 66.2 Å². The minimum Gasteiger partial charge on any atom is -0.330 e. The van der Waals surface area contributed by atoms with E-state index in [1.165, 1.54) is 0 Å². The summed E-state index contributed by atoms with van der Waals surface area (Å²) in [5.74, 6) is 0.0963. The van der Waals surface area contributed by atoms with Gasteiger partial charge in [-0.2, -0.15) is 0 Å². The number of fused-ring (bicyclic) bond motifs is 1. The Morgan fingerprint density at radius 2 is 1.81 bits per heavy atom. The van der Waals surface area contributed by atoms with Gasteiger partial charge in [-0.15, -0.1) is 0 Å². The predicted octanol–water partition coefficient (Wildman–Crippen LogP) is 3.09. The Hall–Kier alpha value is -2.62. The van der Waals surface area contributed by atoms with Crippen LogP contribution >= 0.6 is 0 Å². The minimum atomic E-state index is 0.0963. The second-order valence-corrected chi connectivity index (χ2v) is 4.96. The van der Waals surface area contributed by atoms with Gasteiger partial charge in [-0.3, -0.25) is 4.79 Å². The Kier molecular flexibility index (Phi) is 3.69. The third kappa shape index (κ3) is 2.79. The summed E-state index contributed by atoms with van der Waals surface area (Å²) in [5.41, 5.74) is 2.94. The molecule has 0 N–H and O–H groups in total. The van der Waals surface area contributed by atoms with Crippen LogP contribution in [-0.2, 0) is 11.3 Å². The Morgan fingerprint density at radius 3 is 2.62 bits per heavy atom. The molecule has 0 spiro atoms. The highest BCUT2D eigenvalue weighted by Gasteiger charge is 2.11. The van der Waals surface area contributed by atoms with Crippen LogP contribution in [0.15, 0.2) is 60.9 Å². The smallest absolute Gasteiger partial charge is 0.228 e. The third-order valence-electron chi connectivity index (χ3n) is 3.61. The number of carbonyl (C=O) groups is 1. The number of benzene rings is 2. The van der Waals surface area contributed by atoms with Crippen LogP contribution in [0.25, 0.3) is 11.0 Å². The molecule has 0 aliphatic carbocycles. The fourth-order valence-corrected chi connectivity index (χ4v) is 2.37. The van der Waals surface area contributed by atoms with E-state index < -0.39 is 0 Å². The summed E-state index contributed by atoms with van der Waals surface area (Å²) in [4.78, 5) is 18.3. The number of nitrogens with zero attached hydrogens (tertiary/aromatic N) is 3. The van der Waals surface area contributed by atoms with Gasteiger partial charge in [0, 0.05) is 25.7 Å². The molecule has 0 fully saturated rings. The van der Waals surface area contributed by atoms with E-state index in [0.717, 1.165) is 16.7 Å². The molecule has 0 atom stereocenters. The van der Waals surface area contributed by atoms with Gasteiger partial charge in [0.2, 0.25) is 5.91 Å². The normalized spacial score (nSPS) is 10.7. The second kappa shape index (κ2) is 5.79. The maximum atomic E-state index is 12.3. The van der Waals surface area contributed by atoms with Gasteiger partial charge in [0.15, 0.2) is 0 Å². The van der Waals surface area contributed by atoms with Crippen LogP contribution in [0.5, 0.6) is 0 Å². The standard InChI is InChI=1S/C17H17N3O/c1-19(14-7-3-2-4-8-14)17(21)11-12-20-13-18-15-9-5-6-10-16(15)20/h2-10,13H,11-12H2,1H3. The number of hydrogen-bond donors (Lipinski definition) is 0. The van der Waals surface area contributed by atoms with Crippen molar-refractivity contribution in [3.05, 3.63) is 60.9 Å². The van der Waals surface area contributed by atoms with E-state index in [0.29, 0.717) is 13.0 Å². The molecule has 1 aromatic heterocycles. The summed E-state index contributed by atoms with van der Waals surface area (Å²) in [5, 5.41) is 0. The molecule has 0 aliphatic rings. The van der Waals surface area contributed by atoms with E-state index >= 15 is 0 Å². The van der Waals surface area contributed by atoms with Crippen LogP contribution in [0.4, 0.5) is 5.69 Å². The maximum absolute atomic E-state index is 12.3. The molecule has 4 heteroatoms. The summed E-state index contributed by atoms with van der Waals surface area (Å²) in [6.07, 6.45) is 2.24. The number of para-hydroxylation sites is 3. The number of aryl methyl sites for hydroxylation is 1. The maximum Gasteiger partial charge on any atom is 0.228 e. The number of carbonyl (C=O) groups excluding carboxylic acids is 1.